The Morgan fingerprint density at radius 3 is 2.38 bits per heavy atom. The lowest BCUT2D eigenvalue weighted by atomic mass is 10.0. The molecule has 0 heterocycles. The van der Waals surface area contributed by atoms with Gasteiger partial charge in [0, 0.05) is 5.56 Å². The molecule has 0 unspecified atom stereocenters. The van der Waals surface area contributed by atoms with Crippen LogP contribution in [0.3, 0.4) is 0 Å². The first-order valence-electron chi connectivity index (χ1n) is 6.83. The second-order valence-corrected chi connectivity index (χ2v) is 4.66. The Balaban J connectivity index is 2.47. The van der Waals surface area contributed by atoms with E-state index in [0.29, 0.717) is 11.3 Å². The molecule has 108 valence electrons. The first kappa shape index (κ1) is 14.9. The van der Waals surface area contributed by atoms with Gasteiger partial charge in [0.25, 0.3) is 0 Å². The van der Waals surface area contributed by atoms with Gasteiger partial charge in [-0.15, -0.1) is 0 Å². The van der Waals surface area contributed by atoms with E-state index in [1.807, 2.05) is 30.3 Å². The van der Waals surface area contributed by atoms with Gasteiger partial charge in [0.05, 0.1) is 12.7 Å². The lowest BCUT2D eigenvalue weighted by Gasteiger charge is -2.09. The van der Waals surface area contributed by atoms with Crippen LogP contribution < -0.4 is 4.74 Å². The second kappa shape index (κ2) is 6.75. The molecule has 0 aliphatic carbocycles. The van der Waals surface area contributed by atoms with Crippen molar-refractivity contribution in [2.45, 2.75) is 13.3 Å². The largest absolute Gasteiger partial charge is 0.496 e. The Kier molecular flexibility index (Phi) is 4.77. The number of aliphatic carboxylic acids is 1. The zero-order valence-electron chi connectivity index (χ0n) is 12.2. The van der Waals surface area contributed by atoms with Gasteiger partial charge in [-0.1, -0.05) is 49.4 Å². The summed E-state index contributed by atoms with van der Waals surface area (Å²) in [7, 11) is 1.54. The Morgan fingerprint density at radius 1 is 1.14 bits per heavy atom. The number of ether oxygens (including phenoxy) is 1. The highest BCUT2D eigenvalue weighted by atomic mass is 16.5. The van der Waals surface area contributed by atoms with Crippen LogP contribution in [0.4, 0.5) is 0 Å². The summed E-state index contributed by atoms with van der Waals surface area (Å²) in [5, 5.41) is 9.48. The zero-order valence-corrected chi connectivity index (χ0v) is 12.2. The molecule has 0 fully saturated rings. The van der Waals surface area contributed by atoms with E-state index in [1.54, 1.807) is 24.3 Å². The average Bonchev–Trinajstić information content (AvgIpc) is 2.53. The Morgan fingerprint density at radius 2 is 1.81 bits per heavy atom. The van der Waals surface area contributed by atoms with Gasteiger partial charge in [-0.05, 0) is 29.7 Å². The van der Waals surface area contributed by atoms with Crippen molar-refractivity contribution in [2.75, 3.05) is 7.11 Å². The Hall–Kier alpha value is -2.55. The van der Waals surface area contributed by atoms with Crippen LogP contribution in [-0.2, 0) is 11.2 Å². The van der Waals surface area contributed by atoms with Crippen molar-refractivity contribution in [3.63, 3.8) is 0 Å². The molecule has 0 aliphatic heterocycles. The van der Waals surface area contributed by atoms with Crippen LogP contribution in [-0.4, -0.2) is 18.2 Å². The fourth-order valence-electron chi connectivity index (χ4n) is 2.14. The molecular formula is C18H18O3. The third-order valence-corrected chi connectivity index (χ3v) is 3.33. The molecule has 0 spiro atoms. The van der Waals surface area contributed by atoms with E-state index in [0.717, 1.165) is 12.0 Å². The summed E-state index contributed by atoms with van der Waals surface area (Å²) in [6, 6.07) is 15.0. The third-order valence-electron chi connectivity index (χ3n) is 3.33. The molecule has 0 amide bonds. The van der Waals surface area contributed by atoms with Crippen molar-refractivity contribution in [1.29, 1.82) is 0 Å². The van der Waals surface area contributed by atoms with Crippen LogP contribution in [0.2, 0.25) is 0 Å². The maximum Gasteiger partial charge on any atom is 0.336 e. The van der Waals surface area contributed by atoms with Crippen molar-refractivity contribution in [2.24, 2.45) is 0 Å². The summed E-state index contributed by atoms with van der Waals surface area (Å²) in [5.41, 5.74) is 2.88. The van der Waals surface area contributed by atoms with Crippen molar-refractivity contribution < 1.29 is 14.6 Å². The van der Waals surface area contributed by atoms with Gasteiger partial charge < -0.3 is 9.84 Å². The summed E-state index contributed by atoms with van der Waals surface area (Å²) in [6.07, 6.45) is 2.63. The molecule has 3 nitrogen and oxygen atoms in total. The Labute approximate surface area is 124 Å². The zero-order chi connectivity index (χ0) is 15.2. The monoisotopic (exact) mass is 282 g/mol. The minimum Gasteiger partial charge on any atom is -0.496 e. The van der Waals surface area contributed by atoms with Crippen LogP contribution in [0.5, 0.6) is 5.75 Å². The molecule has 1 N–H and O–H groups in total. The molecule has 0 saturated carbocycles. The number of hydrogen-bond acceptors (Lipinski definition) is 2. The molecule has 2 aromatic rings. The number of carboxylic acids is 1. The van der Waals surface area contributed by atoms with Gasteiger partial charge in [0.15, 0.2) is 0 Å². The second-order valence-electron chi connectivity index (χ2n) is 4.66. The van der Waals surface area contributed by atoms with Gasteiger partial charge in [-0.25, -0.2) is 4.79 Å². The highest BCUT2D eigenvalue weighted by Gasteiger charge is 2.14. The van der Waals surface area contributed by atoms with Crippen LogP contribution >= 0.6 is 0 Å². The quantitative estimate of drug-likeness (QED) is 0.668. The summed E-state index contributed by atoms with van der Waals surface area (Å²) in [6.45, 7) is 2.09. The summed E-state index contributed by atoms with van der Waals surface area (Å²) < 4.78 is 5.25. The molecule has 0 atom stereocenters. The number of carboxylic acid groups (broad SMARTS) is 1. The third kappa shape index (κ3) is 3.51. The molecule has 3 heteroatoms. The molecule has 21 heavy (non-hydrogen) atoms. The fraction of sp³-hybridized carbons (Fsp3) is 0.167. The molecule has 0 bridgehead atoms. The number of benzene rings is 2. The van der Waals surface area contributed by atoms with Gasteiger partial charge in [-0.3, -0.25) is 0 Å². The standard InChI is InChI=1S/C18H18O3/c1-3-13-8-10-14(11-9-13)12-16(18(19)20)15-6-4-5-7-17(15)21-2/h4-12H,3H2,1-2H3,(H,19,20)/b16-12+. The van der Waals surface area contributed by atoms with Crippen LogP contribution in [0.25, 0.3) is 11.6 Å². The van der Waals surface area contributed by atoms with E-state index in [2.05, 4.69) is 6.92 Å². The van der Waals surface area contributed by atoms with Gasteiger partial charge in [0.2, 0.25) is 0 Å². The lowest BCUT2D eigenvalue weighted by Crippen LogP contribution is -2.01. The number of hydrogen-bond donors (Lipinski definition) is 1. The number of aryl methyl sites for hydroxylation is 1. The van der Waals surface area contributed by atoms with Gasteiger partial charge in [0.1, 0.15) is 5.75 Å². The molecule has 0 radical (unpaired) electrons. The summed E-state index contributed by atoms with van der Waals surface area (Å²) in [5.74, 6) is -0.421. The predicted molar refractivity (Wildman–Crippen MR) is 84.3 cm³/mol. The first-order chi connectivity index (χ1) is 10.2. The van der Waals surface area contributed by atoms with Crippen LogP contribution in [0, 0.1) is 0 Å². The highest BCUT2D eigenvalue weighted by Crippen LogP contribution is 2.27. The van der Waals surface area contributed by atoms with Crippen molar-refractivity contribution >= 4 is 17.6 Å². The topological polar surface area (TPSA) is 46.5 Å². The predicted octanol–water partition coefficient (Wildman–Crippen LogP) is 3.88. The number of methoxy groups -OCH3 is 1. The number of para-hydroxylation sites is 1. The molecule has 0 aromatic heterocycles. The van der Waals surface area contributed by atoms with E-state index in [1.165, 1.54) is 12.7 Å². The normalized spacial score (nSPS) is 11.2. The van der Waals surface area contributed by atoms with E-state index >= 15 is 0 Å². The van der Waals surface area contributed by atoms with Crippen molar-refractivity contribution in [3.8, 4) is 5.75 Å². The maximum absolute atomic E-state index is 11.6. The first-order valence-corrected chi connectivity index (χ1v) is 6.83. The molecule has 0 saturated heterocycles. The summed E-state index contributed by atoms with van der Waals surface area (Å²) >= 11 is 0. The number of carbonyl (C=O) groups is 1. The van der Waals surface area contributed by atoms with Gasteiger partial charge in [-0.2, -0.15) is 0 Å². The highest BCUT2D eigenvalue weighted by molar-refractivity contribution is 6.21. The minimum atomic E-state index is -0.973. The lowest BCUT2D eigenvalue weighted by molar-refractivity contribution is -0.130. The molecule has 2 aromatic carbocycles. The molecule has 0 aliphatic rings. The summed E-state index contributed by atoms with van der Waals surface area (Å²) in [4.78, 5) is 11.6. The minimum absolute atomic E-state index is 0.219. The molecular weight excluding hydrogens is 264 g/mol. The van der Waals surface area contributed by atoms with Gasteiger partial charge >= 0.3 is 5.97 Å². The van der Waals surface area contributed by atoms with Crippen molar-refractivity contribution in [3.05, 3.63) is 65.2 Å². The fourth-order valence-corrected chi connectivity index (χ4v) is 2.14. The van der Waals surface area contributed by atoms with Crippen LogP contribution in [0.1, 0.15) is 23.6 Å². The van der Waals surface area contributed by atoms with Crippen molar-refractivity contribution in [1.82, 2.24) is 0 Å². The van der Waals surface area contributed by atoms with E-state index in [9.17, 15) is 9.90 Å². The van der Waals surface area contributed by atoms with E-state index in [4.69, 9.17) is 4.74 Å². The SMILES string of the molecule is CCc1ccc(/C=C(/C(=O)O)c2ccccc2OC)cc1. The maximum atomic E-state index is 11.6. The van der Waals surface area contributed by atoms with Crippen LogP contribution in [0.15, 0.2) is 48.5 Å². The average molecular weight is 282 g/mol. The smallest absolute Gasteiger partial charge is 0.336 e. The Bertz CT molecular complexity index is 654. The number of rotatable bonds is 5. The molecule has 2 rings (SSSR count). The van der Waals surface area contributed by atoms with E-state index in [-0.39, 0.29) is 5.57 Å². The van der Waals surface area contributed by atoms with E-state index < -0.39 is 5.97 Å².